The van der Waals surface area contributed by atoms with E-state index in [1.807, 2.05) is 50.3 Å². The number of nitrogens with zero attached hydrogens (tertiary/aromatic N) is 1. The van der Waals surface area contributed by atoms with Crippen molar-refractivity contribution in [2.24, 2.45) is 0 Å². The van der Waals surface area contributed by atoms with E-state index in [0.29, 0.717) is 0 Å². The zero-order valence-electron chi connectivity index (χ0n) is 9.53. The molecule has 0 radical (unpaired) electrons. The predicted molar refractivity (Wildman–Crippen MR) is 63.9 cm³/mol. The molecule has 1 aromatic carbocycles. The van der Waals surface area contributed by atoms with Crippen LogP contribution in [0.5, 0.6) is 0 Å². The van der Waals surface area contributed by atoms with Gasteiger partial charge in [-0.2, -0.15) is 0 Å². The van der Waals surface area contributed by atoms with Crippen LogP contribution >= 0.6 is 0 Å². The summed E-state index contributed by atoms with van der Waals surface area (Å²) in [7, 11) is 1.80. The number of rotatable bonds is 3. The van der Waals surface area contributed by atoms with Crippen LogP contribution < -0.4 is 4.90 Å². The molecule has 0 saturated carbocycles. The first-order chi connectivity index (χ1) is 7.16. The Morgan fingerprint density at radius 3 is 2.47 bits per heavy atom. The second-order valence-electron chi connectivity index (χ2n) is 3.50. The maximum atomic E-state index is 11.9. The minimum Gasteiger partial charge on any atom is -0.312 e. The number of amides is 1. The monoisotopic (exact) mass is 203 g/mol. The van der Waals surface area contributed by atoms with E-state index in [2.05, 4.69) is 0 Å². The zero-order valence-corrected chi connectivity index (χ0v) is 9.53. The van der Waals surface area contributed by atoms with Gasteiger partial charge in [-0.3, -0.25) is 4.79 Å². The number of hydrogen-bond donors (Lipinski definition) is 0. The normalized spacial score (nSPS) is 11.3. The number of benzene rings is 1. The fraction of sp³-hybridized carbons (Fsp3) is 0.308. The number of anilines is 1. The van der Waals surface area contributed by atoms with E-state index >= 15 is 0 Å². The van der Waals surface area contributed by atoms with Crippen molar-refractivity contribution in [3.63, 3.8) is 0 Å². The lowest BCUT2D eigenvalue weighted by molar-refractivity contribution is -0.114. The third-order valence-corrected chi connectivity index (χ3v) is 2.30. The third-order valence-electron chi connectivity index (χ3n) is 2.30. The molecule has 0 aliphatic rings. The van der Waals surface area contributed by atoms with Crippen molar-refractivity contribution in [1.29, 1.82) is 0 Å². The minimum absolute atomic E-state index is 0.0584. The molecule has 1 amide bonds. The van der Waals surface area contributed by atoms with E-state index in [1.165, 1.54) is 0 Å². The summed E-state index contributed by atoms with van der Waals surface area (Å²) in [4.78, 5) is 13.6. The molecular formula is C13H17NO. The van der Waals surface area contributed by atoms with Crippen LogP contribution in [0.15, 0.2) is 42.0 Å². The summed E-state index contributed by atoms with van der Waals surface area (Å²) in [5.74, 6) is 0.0584. The highest BCUT2D eigenvalue weighted by molar-refractivity contribution is 6.04. The predicted octanol–water partition coefficient (Wildman–Crippen LogP) is 3.01. The van der Waals surface area contributed by atoms with Gasteiger partial charge in [0.25, 0.3) is 5.91 Å². The van der Waals surface area contributed by atoms with Crippen LogP contribution in [0, 0.1) is 0 Å². The van der Waals surface area contributed by atoms with Gasteiger partial charge in [-0.15, -0.1) is 0 Å². The zero-order chi connectivity index (χ0) is 11.3. The summed E-state index contributed by atoms with van der Waals surface area (Å²) in [6, 6.07) is 9.65. The first-order valence-corrected chi connectivity index (χ1v) is 5.16. The summed E-state index contributed by atoms with van der Waals surface area (Å²) in [5.41, 5.74) is 1.72. The van der Waals surface area contributed by atoms with Gasteiger partial charge in [-0.05, 0) is 25.5 Å². The topological polar surface area (TPSA) is 20.3 Å². The highest BCUT2D eigenvalue weighted by Gasteiger charge is 2.11. The number of hydrogen-bond acceptors (Lipinski definition) is 1. The molecule has 80 valence electrons. The molecular weight excluding hydrogens is 186 g/mol. The Morgan fingerprint density at radius 2 is 1.93 bits per heavy atom. The average molecular weight is 203 g/mol. The molecule has 0 saturated heterocycles. The number of allylic oxidation sites excluding steroid dienone is 1. The average Bonchev–Trinajstić information content (AvgIpc) is 2.28. The number of carbonyl (C=O) groups is 1. The molecule has 0 heterocycles. The van der Waals surface area contributed by atoms with Crippen molar-refractivity contribution in [3.05, 3.63) is 42.0 Å². The van der Waals surface area contributed by atoms with Crippen LogP contribution in [0.3, 0.4) is 0 Å². The van der Waals surface area contributed by atoms with E-state index in [9.17, 15) is 4.79 Å². The smallest absolute Gasteiger partial charge is 0.253 e. The van der Waals surface area contributed by atoms with Crippen molar-refractivity contribution in [1.82, 2.24) is 0 Å². The molecule has 2 heteroatoms. The molecule has 1 aromatic rings. The Morgan fingerprint density at radius 1 is 1.33 bits per heavy atom. The first kappa shape index (κ1) is 11.5. The second-order valence-corrected chi connectivity index (χ2v) is 3.50. The van der Waals surface area contributed by atoms with Gasteiger partial charge >= 0.3 is 0 Å². The van der Waals surface area contributed by atoms with Gasteiger partial charge in [0.2, 0.25) is 0 Å². The second kappa shape index (κ2) is 5.35. The van der Waals surface area contributed by atoms with Gasteiger partial charge in [0.15, 0.2) is 0 Å². The van der Waals surface area contributed by atoms with Crippen molar-refractivity contribution in [2.45, 2.75) is 20.3 Å². The maximum absolute atomic E-state index is 11.9. The lowest BCUT2D eigenvalue weighted by Crippen LogP contribution is -2.26. The fourth-order valence-electron chi connectivity index (χ4n) is 1.43. The molecule has 0 aromatic heterocycles. The van der Waals surface area contributed by atoms with Gasteiger partial charge in [-0.25, -0.2) is 0 Å². The Bertz CT molecular complexity index is 354. The molecule has 2 nitrogen and oxygen atoms in total. The van der Waals surface area contributed by atoms with E-state index < -0.39 is 0 Å². The fourth-order valence-corrected chi connectivity index (χ4v) is 1.43. The van der Waals surface area contributed by atoms with Gasteiger partial charge < -0.3 is 4.90 Å². The molecule has 0 unspecified atom stereocenters. The summed E-state index contributed by atoms with van der Waals surface area (Å²) in [5, 5.41) is 0. The van der Waals surface area contributed by atoms with Crippen molar-refractivity contribution in [3.8, 4) is 0 Å². The molecule has 0 N–H and O–H groups in total. The Kier molecular flexibility index (Phi) is 4.10. The summed E-state index contributed by atoms with van der Waals surface area (Å²) >= 11 is 0. The van der Waals surface area contributed by atoms with Gasteiger partial charge in [0, 0.05) is 18.3 Å². The van der Waals surface area contributed by atoms with E-state index in [4.69, 9.17) is 0 Å². The van der Waals surface area contributed by atoms with Crippen LogP contribution in [0.1, 0.15) is 20.3 Å². The number of likely N-dealkylation sites (N-methyl/N-ethyl adjacent to an activating group) is 1. The van der Waals surface area contributed by atoms with Crippen LogP contribution in [0.25, 0.3) is 0 Å². The lowest BCUT2D eigenvalue weighted by Gasteiger charge is -2.17. The molecule has 0 fully saturated rings. The number of para-hydroxylation sites is 1. The summed E-state index contributed by atoms with van der Waals surface area (Å²) in [6.07, 6.45) is 2.84. The van der Waals surface area contributed by atoms with Crippen LogP contribution in [-0.4, -0.2) is 13.0 Å². The summed E-state index contributed by atoms with van der Waals surface area (Å²) < 4.78 is 0. The first-order valence-electron chi connectivity index (χ1n) is 5.16. The molecule has 15 heavy (non-hydrogen) atoms. The molecule has 1 rings (SSSR count). The SMILES string of the molecule is CC/C=C(\C)C(=O)N(C)c1ccccc1. The highest BCUT2D eigenvalue weighted by Crippen LogP contribution is 2.13. The van der Waals surface area contributed by atoms with E-state index in [0.717, 1.165) is 17.7 Å². The van der Waals surface area contributed by atoms with Crippen LogP contribution in [0.4, 0.5) is 5.69 Å². The minimum atomic E-state index is 0.0584. The van der Waals surface area contributed by atoms with Gasteiger partial charge in [0.05, 0.1) is 0 Å². The van der Waals surface area contributed by atoms with Crippen molar-refractivity contribution < 1.29 is 4.79 Å². The lowest BCUT2D eigenvalue weighted by atomic mass is 10.2. The van der Waals surface area contributed by atoms with Gasteiger partial charge in [-0.1, -0.05) is 31.2 Å². The Hall–Kier alpha value is -1.57. The van der Waals surface area contributed by atoms with Crippen LogP contribution in [-0.2, 0) is 4.79 Å². The van der Waals surface area contributed by atoms with Crippen LogP contribution in [0.2, 0.25) is 0 Å². The largest absolute Gasteiger partial charge is 0.312 e. The van der Waals surface area contributed by atoms with Gasteiger partial charge in [0.1, 0.15) is 0 Å². The Labute approximate surface area is 91.2 Å². The standard InChI is InChI=1S/C13H17NO/c1-4-8-11(2)13(15)14(3)12-9-6-5-7-10-12/h5-10H,4H2,1-3H3/b11-8+. The molecule has 0 spiro atoms. The third kappa shape index (κ3) is 2.94. The quantitative estimate of drug-likeness (QED) is 0.691. The molecule has 0 atom stereocenters. The highest BCUT2D eigenvalue weighted by atomic mass is 16.2. The van der Waals surface area contributed by atoms with Crippen molar-refractivity contribution >= 4 is 11.6 Å². The van der Waals surface area contributed by atoms with Crippen molar-refractivity contribution in [2.75, 3.05) is 11.9 Å². The Balaban J connectivity index is 2.82. The summed E-state index contributed by atoms with van der Waals surface area (Å²) in [6.45, 7) is 3.88. The maximum Gasteiger partial charge on any atom is 0.253 e. The number of carbonyl (C=O) groups excluding carboxylic acids is 1. The molecule has 0 bridgehead atoms. The van der Waals surface area contributed by atoms with E-state index in [-0.39, 0.29) is 5.91 Å². The van der Waals surface area contributed by atoms with E-state index in [1.54, 1.807) is 11.9 Å². The molecule has 0 aliphatic heterocycles. The molecule has 0 aliphatic carbocycles.